The van der Waals surface area contributed by atoms with Crippen molar-refractivity contribution in [3.05, 3.63) is 16.6 Å². The molecule has 1 aromatic rings. The molecule has 1 heterocycles. The Morgan fingerprint density at radius 2 is 2.47 bits per heavy atom. The fraction of sp³-hybridized carbons (Fsp3) is 0.727. The Hall–Kier alpha value is -0.450. The van der Waals surface area contributed by atoms with Gasteiger partial charge in [-0.2, -0.15) is 0 Å². The normalized spacial score (nSPS) is 20.9. The maximum absolute atomic E-state index is 5.56. The Balaban J connectivity index is 1.82. The van der Waals surface area contributed by atoms with Crippen LogP contribution in [0, 0.1) is 0 Å². The topological polar surface area (TPSA) is 34.1 Å². The number of aromatic nitrogens is 1. The van der Waals surface area contributed by atoms with Crippen molar-refractivity contribution in [2.24, 2.45) is 0 Å². The number of methoxy groups -OCH3 is 1. The van der Waals surface area contributed by atoms with Gasteiger partial charge in [0.1, 0.15) is 5.01 Å². The van der Waals surface area contributed by atoms with E-state index in [0.717, 1.165) is 11.6 Å². The summed E-state index contributed by atoms with van der Waals surface area (Å²) in [5, 5.41) is 6.67. The van der Waals surface area contributed by atoms with Crippen LogP contribution in [-0.4, -0.2) is 24.2 Å². The molecule has 4 heteroatoms. The smallest absolute Gasteiger partial charge is 0.109 e. The molecule has 15 heavy (non-hydrogen) atoms. The van der Waals surface area contributed by atoms with E-state index in [1.165, 1.54) is 19.3 Å². The van der Waals surface area contributed by atoms with Gasteiger partial charge in [-0.3, -0.25) is 0 Å². The number of hydrogen-bond donors (Lipinski definition) is 1. The van der Waals surface area contributed by atoms with Crippen LogP contribution in [0.2, 0.25) is 0 Å². The van der Waals surface area contributed by atoms with E-state index in [9.17, 15) is 0 Å². The van der Waals surface area contributed by atoms with Gasteiger partial charge in [0.05, 0.1) is 11.6 Å². The summed E-state index contributed by atoms with van der Waals surface area (Å²) in [5.74, 6) is 0. The highest BCUT2D eigenvalue weighted by Gasteiger charge is 2.36. The Bertz CT molecular complexity index is 290. The molecule has 0 amide bonds. The minimum atomic E-state index is 0.103. The molecule has 1 aromatic heterocycles. The number of thiazole rings is 1. The molecular formula is C11H18N2OS. The Kier molecular flexibility index (Phi) is 3.38. The first-order valence-electron chi connectivity index (χ1n) is 5.44. The summed E-state index contributed by atoms with van der Waals surface area (Å²) in [6.07, 6.45) is 5.51. The molecule has 0 radical (unpaired) electrons. The lowest BCUT2D eigenvalue weighted by atomic mass is 9.80. The van der Waals surface area contributed by atoms with Gasteiger partial charge in [0, 0.05) is 25.2 Å². The van der Waals surface area contributed by atoms with Crippen LogP contribution in [-0.2, 0) is 4.74 Å². The van der Waals surface area contributed by atoms with E-state index >= 15 is 0 Å². The van der Waals surface area contributed by atoms with Gasteiger partial charge >= 0.3 is 0 Å². The average molecular weight is 226 g/mol. The Morgan fingerprint density at radius 1 is 1.67 bits per heavy atom. The van der Waals surface area contributed by atoms with E-state index < -0.39 is 0 Å². The van der Waals surface area contributed by atoms with Crippen molar-refractivity contribution in [3.63, 3.8) is 0 Å². The van der Waals surface area contributed by atoms with Crippen molar-refractivity contribution in [2.45, 2.75) is 37.8 Å². The second-order valence-electron chi connectivity index (χ2n) is 4.21. The largest absolute Gasteiger partial charge is 0.377 e. The van der Waals surface area contributed by atoms with Crippen molar-refractivity contribution < 1.29 is 4.74 Å². The maximum atomic E-state index is 5.56. The van der Waals surface area contributed by atoms with Crippen LogP contribution in [0.1, 0.15) is 37.2 Å². The molecule has 1 unspecified atom stereocenters. The number of rotatable bonds is 5. The molecule has 1 aliphatic carbocycles. The van der Waals surface area contributed by atoms with Gasteiger partial charge in [-0.15, -0.1) is 11.3 Å². The molecular weight excluding hydrogens is 208 g/mol. The van der Waals surface area contributed by atoms with Gasteiger partial charge < -0.3 is 10.1 Å². The fourth-order valence-electron chi connectivity index (χ4n) is 1.90. The van der Waals surface area contributed by atoms with Gasteiger partial charge in [-0.25, -0.2) is 4.98 Å². The number of ether oxygens (including phenoxy) is 1. The maximum Gasteiger partial charge on any atom is 0.109 e. The minimum Gasteiger partial charge on any atom is -0.377 e. The molecule has 1 N–H and O–H groups in total. The molecule has 0 aromatic carbocycles. The first-order valence-corrected chi connectivity index (χ1v) is 6.32. The van der Waals surface area contributed by atoms with Crippen molar-refractivity contribution in [3.8, 4) is 0 Å². The van der Waals surface area contributed by atoms with Crippen LogP contribution in [0.25, 0.3) is 0 Å². The monoisotopic (exact) mass is 226 g/mol. The van der Waals surface area contributed by atoms with Crippen LogP contribution in [0.15, 0.2) is 11.6 Å². The highest BCUT2D eigenvalue weighted by atomic mass is 32.1. The predicted molar refractivity (Wildman–Crippen MR) is 62.1 cm³/mol. The molecule has 0 bridgehead atoms. The zero-order valence-corrected chi connectivity index (χ0v) is 10.1. The molecule has 0 saturated heterocycles. The van der Waals surface area contributed by atoms with Gasteiger partial charge in [0.15, 0.2) is 0 Å². The highest BCUT2D eigenvalue weighted by molar-refractivity contribution is 7.09. The third-order valence-electron chi connectivity index (χ3n) is 3.25. The lowest BCUT2D eigenvalue weighted by Crippen LogP contribution is -2.48. The van der Waals surface area contributed by atoms with Crippen LogP contribution in [0.4, 0.5) is 0 Å². The molecule has 84 valence electrons. The third-order valence-corrected chi connectivity index (χ3v) is 4.21. The van der Waals surface area contributed by atoms with E-state index in [4.69, 9.17) is 4.74 Å². The average Bonchev–Trinajstić information content (AvgIpc) is 2.69. The van der Waals surface area contributed by atoms with Crippen LogP contribution in [0.5, 0.6) is 0 Å². The molecule has 1 atom stereocenters. The number of hydrogen-bond acceptors (Lipinski definition) is 4. The van der Waals surface area contributed by atoms with E-state index in [1.54, 1.807) is 11.3 Å². The van der Waals surface area contributed by atoms with Crippen LogP contribution in [0.3, 0.4) is 0 Å². The van der Waals surface area contributed by atoms with Gasteiger partial charge in [-0.05, 0) is 26.2 Å². The van der Waals surface area contributed by atoms with Gasteiger partial charge in [0.25, 0.3) is 0 Å². The first kappa shape index (κ1) is 11.0. The summed E-state index contributed by atoms with van der Waals surface area (Å²) in [6.45, 7) is 3.09. The lowest BCUT2D eigenvalue weighted by Gasteiger charge is -2.41. The van der Waals surface area contributed by atoms with Crippen LogP contribution < -0.4 is 5.32 Å². The summed E-state index contributed by atoms with van der Waals surface area (Å²) in [7, 11) is 1.81. The highest BCUT2D eigenvalue weighted by Crippen LogP contribution is 2.34. The van der Waals surface area contributed by atoms with E-state index in [2.05, 4.69) is 17.2 Å². The van der Waals surface area contributed by atoms with Crippen molar-refractivity contribution in [1.29, 1.82) is 0 Å². The predicted octanol–water partition coefficient (Wildman–Crippen LogP) is 2.36. The van der Waals surface area contributed by atoms with Crippen molar-refractivity contribution in [2.75, 3.05) is 13.7 Å². The summed E-state index contributed by atoms with van der Waals surface area (Å²) < 4.78 is 5.56. The first-order chi connectivity index (χ1) is 7.26. The summed E-state index contributed by atoms with van der Waals surface area (Å²) in [4.78, 5) is 4.30. The van der Waals surface area contributed by atoms with E-state index in [-0.39, 0.29) is 5.60 Å². The van der Waals surface area contributed by atoms with Gasteiger partial charge in [0.2, 0.25) is 0 Å². The summed E-state index contributed by atoms with van der Waals surface area (Å²) >= 11 is 1.70. The molecule has 0 spiro atoms. The van der Waals surface area contributed by atoms with E-state index in [0.29, 0.717) is 6.04 Å². The summed E-state index contributed by atoms with van der Waals surface area (Å²) in [5.41, 5.74) is 0.103. The van der Waals surface area contributed by atoms with Gasteiger partial charge in [-0.1, -0.05) is 0 Å². The molecule has 1 saturated carbocycles. The third kappa shape index (κ3) is 2.38. The second-order valence-corrected chi connectivity index (χ2v) is 5.14. The Morgan fingerprint density at radius 3 is 2.93 bits per heavy atom. The van der Waals surface area contributed by atoms with Crippen molar-refractivity contribution in [1.82, 2.24) is 10.3 Å². The zero-order valence-electron chi connectivity index (χ0n) is 9.32. The minimum absolute atomic E-state index is 0.103. The lowest BCUT2D eigenvalue weighted by molar-refractivity contribution is -0.0706. The Labute approximate surface area is 94.9 Å². The summed E-state index contributed by atoms with van der Waals surface area (Å²) in [6, 6.07) is 0.331. The second kappa shape index (κ2) is 4.60. The number of nitrogens with zero attached hydrogens (tertiary/aromatic N) is 1. The van der Waals surface area contributed by atoms with E-state index in [1.807, 2.05) is 18.7 Å². The molecule has 3 nitrogen and oxygen atoms in total. The van der Waals surface area contributed by atoms with Crippen molar-refractivity contribution >= 4 is 11.3 Å². The molecule has 1 aliphatic rings. The molecule has 0 aliphatic heterocycles. The molecule has 1 fully saturated rings. The zero-order chi connectivity index (χ0) is 10.7. The quantitative estimate of drug-likeness (QED) is 0.837. The molecule has 2 rings (SSSR count). The SMILES string of the molecule is COC1(CNC(C)c2nccs2)CCC1. The van der Waals surface area contributed by atoms with Crippen LogP contribution >= 0.6 is 11.3 Å². The standard InChI is InChI=1S/C11H18N2OS/c1-9(10-12-6-7-15-10)13-8-11(14-2)4-3-5-11/h6-7,9,13H,3-5,8H2,1-2H3. The number of nitrogens with one attached hydrogen (secondary N) is 1. The fourth-order valence-corrected chi connectivity index (χ4v) is 2.57.